The van der Waals surface area contributed by atoms with Crippen molar-refractivity contribution in [1.82, 2.24) is 4.90 Å². The molecule has 0 amide bonds. The van der Waals surface area contributed by atoms with Crippen molar-refractivity contribution >= 4 is 11.6 Å². The SMILES string of the molecule is Cc1ccc(Cl)cc1CN1CC[C@@H](C)C1. The normalized spacial score (nSPS) is 22.2. The minimum Gasteiger partial charge on any atom is -0.299 e. The summed E-state index contributed by atoms with van der Waals surface area (Å²) in [7, 11) is 0. The number of benzene rings is 1. The molecule has 1 nitrogen and oxygen atoms in total. The Bertz CT molecular complexity index is 348. The Labute approximate surface area is 97.0 Å². The Morgan fingerprint density at radius 1 is 1.47 bits per heavy atom. The fourth-order valence-electron chi connectivity index (χ4n) is 2.22. The highest BCUT2D eigenvalue weighted by Gasteiger charge is 2.18. The van der Waals surface area contributed by atoms with Crippen LogP contribution in [0.5, 0.6) is 0 Å². The summed E-state index contributed by atoms with van der Waals surface area (Å²) in [5, 5.41) is 0.850. The lowest BCUT2D eigenvalue weighted by molar-refractivity contribution is 0.320. The van der Waals surface area contributed by atoms with E-state index < -0.39 is 0 Å². The minimum atomic E-state index is 0.850. The average Bonchev–Trinajstić information content (AvgIpc) is 2.58. The van der Waals surface area contributed by atoms with Gasteiger partial charge in [-0.15, -0.1) is 0 Å². The second-order valence-corrected chi connectivity index (χ2v) is 5.14. The summed E-state index contributed by atoms with van der Waals surface area (Å²) in [5.74, 6) is 0.851. The third-order valence-corrected chi connectivity index (χ3v) is 3.45. The van der Waals surface area contributed by atoms with Crippen LogP contribution in [0.4, 0.5) is 0 Å². The molecule has 1 aliphatic heterocycles. The molecule has 1 atom stereocenters. The summed E-state index contributed by atoms with van der Waals surface area (Å²) in [6.07, 6.45) is 1.33. The molecule has 1 aromatic rings. The van der Waals surface area contributed by atoms with Crippen LogP contribution in [0.15, 0.2) is 18.2 Å². The second-order valence-electron chi connectivity index (χ2n) is 4.70. The van der Waals surface area contributed by atoms with Crippen molar-refractivity contribution in [2.24, 2.45) is 5.92 Å². The summed E-state index contributed by atoms with van der Waals surface area (Å²) in [4.78, 5) is 2.52. The molecule has 1 heterocycles. The van der Waals surface area contributed by atoms with Gasteiger partial charge in [0.1, 0.15) is 0 Å². The molecule has 15 heavy (non-hydrogen) atoms. The molecule has 2 heteroatoms. The zero-order chi connectivity index (χ0) is 10.8. The van der Waals surface area contributed by atoms with Crippen LogP contribution in [0.25, 0.3) is 0 Å². The molecule has 82 valence electrons. The molecule has 0 spiro atoms. The Kier molecular flexibility index (Phi) is 3.32. The first-order chi connectivity index (χ1) is 7.15. The van der Waals surface area contributed by atoms with Gasteiger partial charge < -0.3 is 0 Å². The quantitative estimate of drug-likeness (QED) is 0.742. The lowest BCUT2D eigenvalue weighted by Crippen LogP contribution is -2.20. The largest absolute Gasteiger partial charge is 0.299 e. The van der Waals surface area contributed by atoms with Gasteiger partial charge in [0.05, 0.1) is 0 Å². The predicted molar refractivity (Wildman–Crippen MR) is 65.2 cm³/mol. The van der Waals surface area contributed by atoms with Crippen molar-refractivity contribution in [3.63, 3.8) is 0 Å². The van der Waals surface area contributed by atoms with E-state index in [2.05, 4.69) is 30.9 Å². The first-order valence-electron chi connectivity index (χ1n) is 5.62. The number of likely N-dealkylation sites (tertiary alicyclic amines) is 1. The highest BCUT2D eigenvalue weighted by Crippen LogP contribution is 2.21. The summed E-state index contributed by atoms with van der Waals surface area (Å²) in [5.41, 5.74) is 2.72. The van der Waals surface area contributed by atoms with Crippen LogP contribution in [0, 0.1) is 12.8 Å². The average molecular weight is 224 g/mol. The molecule has 0 unspecified atom stereocenters. The van der Waals surface area contributed by atoms with E-state index in [1.807, 2.05) is 6.07 Å². The minimum absolute atomic E-state index is 0.850. The molecule has 2 rings (SSSR count). The Morgan fingerprint density at radius 2 is 2.27 bits per heavy atom. The topological polar surface area (TPSA) is 3.24 Å². The number of halogens is 1. The van der Waals surface area contributed by atoms with Crippen LogP contribution in [-0.2, 0) is 6.54 Å². The molecule has 0 aromatic heterocycles. The van der Waals surface area contributed by atoms with Gasteiger partial charge in [-0.1, -0.05) is 24.6 Å². The third-order valence-electron chi connectivity index (χ3n) is 3.21. The molecule has 0 aliphatic carbocycles. The van der Waals surface area contributed by atoms with Gasteiger partial charge in [-0.3, -0.25) is 4.90 Å². The van der Waals surface area contributed by atoms with E-state index in [-0.39, 0.29) is 0 Å². The van der Waals surface area contributed by atoms with E-state index in [9.17, 15) is 0 Å². The third kappa shape index (κ3) is 2.73. The molecule has 0 bridgehead atoms. The molecule has 0 saturated carbocycles. The lowest BCUT2D eigenvalue weighted by Gasteiger charge is -2.17. The maximum atomic E-state index is 6.01. The molecular weight excluding hydrogens is 206 g/mol. The maximum Gasteiger partial charge on any atom is 0.0409 e. The van der Waals surface area contributed by atoms with E-state index in [4.69, 9.17) is 11.6 Å². The monoisotopic (exact) mass is 223 g/mol. The summed E-state index contributed by atoms with van der Waals surface area (Å²) >= 11 is 6.01. The fraction of sp³-hybridized carbons (Fsp3) is 0.538. The van der Waals surface area contributed by atoms with Crippen LogP contribution in [0.3, 0.4) is 0 Å². The number of hydrogen-bond acceptors (Lipinski definition) is 1. The van der Waals surface area contributed by atoms with Crippen LogP contribution < -0.4 is 0 Å². The van der Waals surface area contributed by atoms with Crippen molar-refractivity contribution in [3.05, 3.63) is 34.3 Å². The van der Waals surface area contributed by atoms with Gasteiger partial charge in [0.2, 0.25) is 0 Å². The van der Waals surface area contributed by atoms with Gasteiger partial charge in [-0.2, -0.15) is 0 Å². The fourth-order valence-corrected chi connectivity index (χ4v) is 2.42. The van der Waals surface area contributed by atoms with Crippen molar-refractivity contribution in [3.8, 4) is 0 Å². The molecular formula is C13H18ClN. The summed E-state index contributed by atoms with van der Waals surface area (Å²) in [6, 6.07) is 6.17. The molecule has 1 fully saturated rings. The molecule has 1 saturated heterocycles. The number of hydrogen-bond donors (Lipinski definition) is 0. The lowest BCUT2D eigenvalue weighted by atomic mass is 10.1. The van der Waals surface area contributed by atoms with Crippen LogP contribution in [-0.4, -0.2) is 18.0 Å². The van der Waals surface area contributed by atoms with Crippen molar-refractivity contribution < 1.29 is 0 Å². The van der Waals surface area contributed by atoms with Crippen LogP contribution in [0.2, 0.25) is 5.02 Å². The van der Waals surface area contributed by atoms with E-state index >= 15 is 0 Å². The van der Waals surface area contributed by atoms with Gasteiger partial charge >= 0.3 is 0 Å². The van der Waals surface area contributed by atoms with E-state index in [0.29, 0.717) is 0 Å². The zero-order valence-corrected chi connectivity index (χ0v) is 10.2. The standard InChI is InChI=1S/C13H18ClN/c1-10-5-6-15(8-10)9-12-7-13(14)4-3-11(12)2/h3-4,7,10H,5-6,8-9H2,1-2H3/t10-/m1/s1. The van der Waals surface area contributed by atoms with Gasteiger partial charge in [-0.05, 0) is 49.1 Å². The second kappa shape index (κ2) is 4.54. The highest BCUT2D eigenvalue weighted by atomic mass is 35.5. The predicted octanol–water partition coefficient (Wildman–Crippen LogP) is 3.49. The van der Waals surface area contributed by atoms with Crippen molar-refractivity contribution in [2.45, 2.75) is 26.8 Å². The highest BCUT2D eigenvalue weighted by molar-refractivity contribution is 6.30. The van der Waals surface area contributed by atoms with Crippen molar-refractivity contribution in [2.75, 3.05) is 13.1 Å². The summed E-state index contributed by atoms with van der Waals surface area (Å²) < 4.78 is 0. The first-order valence-corrected chi connectivity index (χ1v) is 6.00. The van der Waals surface area contributed by atoms with E-state index in [1.54, 1.807) is 0 Å². The van der Waals surface area contributed by atoms with Gasteiger partial charge in [0.15, 0.2) is 0 Å². The maximum absolute atomic E-state index is 6.01. The van der Waals surface area contributed by atoms with Crippen LogP contribution in [0.1, 0.15) is 24.5 Å². The van der Waals surface area contributed by atoms with E-state index in [1.165, 1.54) is 30.6 Å². The van der Waals surface area contributed by atoms with Gasteiger partial charge in [0, 0.05) is 18.1 Å². The Morgan fingerprint density at radius 3 is 2.93 bits per heavy atom. The smallest absolute Gasteiger partial charge is 0.0409 e. The van der Waals surface area contributed by atoms with Crippen molar-refractivity contribution in [1.29, 1.82) is 0 Å². The number of rotatable bonds is 2. The van der Waals surface area contributed by atoms with Gasteiger partial charge in [-0.25, -0.2) is 0 Å². The summed E-state index contributed by atoms with van der Waals surface area (Å²) in [6.45, 7) is 7.99. The number of nitrogens with zero attached hydrogens (tertiary/aromatic N) is 1. The molecule has 1 aromatic carbocycles. The first kappa shape index (κ1) is 11.0. The molecule has 0 radical (unpaired) electrons. The molecule has 1 aliphatic rings. The van der Waals surface area contributed by atoms with Crippen LogP contribution >= 0.6 is 11.6 Å². The molecule has 0 N–H and O–H groups in total. The Hall–Kier alpha value is -0.530. The Balaban J connectivity index is 2.07. The van der Waals surface area contributed by atoms with E-state index in [0.717, 1.165) is 17.5 Å². The zero-order valence-electron chi connectivity index (χ0n) is 9.46. The number of aryl methyl sites for hydroxylation is 1. The van der Waals surface area contributed by atoms with Gasteiger partial charge in [0.25, 0.3) is 0 Å².